The average Bonchev–Trinajstić information content (AvgIpc) is 2.70. The Hall–Kier alpha value is -2.83. The standard InChI is InChI=1S/C25H39N3O4/c1-8-10-11-16-26-22(29)21(20-14-12-18(3)13-15-20)28(17-9-2)23(30)19(4)27-24(31)32-25(5,6)7/h9,12-15,19,21H,2,8,10-11,16-17H2,1,3-7H3,(H,26,29)(H,27,31). The van der Waals surface area contributed by atoms with Gasteiger partial charge in [-0.1, -0.05) is 55.7 Å². The summed E-state index contributed by atoms with van der Waals surface area (Å²) in [5.41, 5.74) is 1.07. The highest BCUT2D eigenvalue weighted by atomic mass is 16.6. The molecule has 1 aromatic carbocycles. The van der Waals surface area contributed by atoms with E-state index in [-0.39, 0.29) is 12.5 Å². The van der Waals surface area contributed by atoms with Crippen LogP contribution in [0.15, 0.2) is 36.9 Å². The number of benzene rings is 1. The first-order valence-corrected chi connectivity index (χ1v) is 11.2. The van der Waals surface area contributed by atoms with E-state index < -0.39 is 29.7 Å². The lowest BCUT2D eigenvalue weighted by Crippen LogP contribution is -2.52. The Bertz CT molecular complexity index is 768. The normalized spacial score (nSPS) is 12.9. The van der Waals surface area contributed by atoms with Crippen molar-refractivity contribution in [2.24, 2.45) is 0 Å². The number of nitrogens with one attached hydrogen (secondary N) is 2. The molecule has 32 heavy (non-hydrogen) atoms. The number of rotatable bonds is 11. The second-order valence-electron chi connectivity index (χ2n) is 8.96. The zero-order valence-corrected chi connectivity index (χ0v) is 20.4. The minimum Gasteiger partial charge on any atom is -0.444 e. The van der Waals surface area contributed by atoms with Crippen LogP contribution < -0.4 is 10.6 Å². The van der Waals surface area contributed by atoms with Crippen molar-refractivity contribution in [3.05, 3.63) is 48.0 Å². The molecule has 1 aromatic rings. The van der Waals surface area contributed by atoms with Crippen LogP contribution in [0, 0.1) is 6.92 Å². The van der Waals surface area contributed by atoms with Crippen LogP contribution in [0.1, 0.15) is 71.0 Å². The van der Waals surface area contributed by atoms with E-state index in [1.807, 2.05) is 31.2 Å². The van der Waals surface area contributed by atoms with Gasteiger partial charge in [-0.05, 0) is 46.6 Å². The molecule has 0 aliphatic carbocycles. The molecule has 2 unspecified atom stereocenters. The number of hydrogen-bond donors (Lipinski definition) is 2. The Morgan fingerprint density at radius 3 is 2.31 bits per heavy atom. The molecule has 0 heterocycles. The Kier molecular flexibility index (Phi) is 11.0. The van der Waals surface area contributed by atoms with E-state index >= 15 is 0 Å². The fourth-order valence-electron chi connectivity index (χ4n) is 3.16. The second-order valence-corrected chi connectivity index (χ2v) is 8.96. The summed E-state index contributed by atoms with van der Waals surface area (Å²) in [4.78, 5) is 40.1. The monoisotopic (exact) mass is 445 g/mol. The molecule has 0 bridgehead atoms. The Balaban J connectivity index is 3.14. The largest absolute Gasteiger partial charge is 0.444 e. The van der Waals surface area contributed by atoms with E-state index in [0.717, 1.165) is 24.8 Å². The van der Waals surface area contributed by atoms with Gasteiger partial charge in [0.15, 0.2) is 0 Å². The average molecular weight is 446 g/mol. The van der Waals surface area contributed by atoms with Crippen molar-refractivity contribution < 1.29 is 19.1 Å². The molecule has 7 nitrogen and oxygen atoms in total. The van der Waals surface area contributed by atoms with Crippen molar-refractivity contribution in [2.45, 2.75) is 78.5 Å². The second kappa shape index (κ2) is 12.9. The highest BCUT2D eigenvalue weighted by Gasteiger charge is 2.33. The molecule has 0 aliphatic rings. The summed E-state index contributed by atoms with van der Waals surface area (Å²) < 4.78 is 5.26. The zero-order chi connectivity index (χ0) is 24.3. The summed E-state index contributed by atoms with van der Waals surface area (Å²) in [6.45, 7) is 15.3. The number of unbranched alkanes of at least 4 members (excludes halogenated alkanes) is 2. The minimum absolute atomic E-state index is 0.153. The van der Waals surface area contributed by atoms with Crippen LogP contribution in [0.5, 0.6) is 0 Å². The van der Waals surface area contributed by atoms with Crippen LogP contribution in [-0.2, 0) is 14.3 Å². The molecule has 0 saturated heterocycles. The number of ether oxygens (including phenoxy) is 1. The molecule has 2 N–H and O–H groups in total. The minimum atomic E-state index is -0.884. The van der Waals surface area contributed by atoms with Crippen LogP contribution in [0.3, 0.4) is 0 Å². The molecule has 0 spiro atoms. The first kappa shape index (κ1) is 27.2. The molecule has 0 radical (unpaired) electrons. The molecule has 2 atom stereocenters. The van der Waals surface area contributed by atoms with E-state index in [1.54, 1.807) is 33.8 Å². The molecule has 3 amide bonds. The highest BCUT2D eigenvalue weighted by molar-refractivity contribution is 5.92. The van der Waals surface area contributed by atoms with Crippen molar-refractivity contribution in [2.75, 3.05) is 13.1 Å². The predicted molar refractivity (Wildman–Crippen MR) is 127 cm³/mol. The molecule has 7 heteroatoms. The summed E-state index contributed by atoms with van der Waals surface area (Å²) in [5.74, 6) is -0.658. The fraction of sp³-hybridized carbons (Fsp3) is 0.560. The molecule has 0 aromatic heterocycles. The Morgan fingerprint density at radius 2 is 1.78 bits per heavy atom. The van der Waals surface area contributed by atoms with Gasteiger partial charge in [0.1, 0.15) is 17.7 Å². The molecule has 0 saturated carbocycles. The van der Waals surface area contributed by atoms with Crippen LogP contribution in [0.4, 0.5) is 4.79 Å². The first-order chi connectivity index (χ1) is 15.0. The SMILES string of the molecule is C=CCN(C(=O)C(C)NC(=O)OC(C)(C)C)C(C(=O)NCCCCC)c1ccc(C)cc1. The van der Waals surface area contributed by atoms with E-state index in [1.165, 1.54) is 4.90 Å². The van der Waals surface area contributed by atoms with Gasteiger partial charge in [-0.25, -0.2) is 4.79 Å². The third-order valence-electron chi connectivity index (χ3n) is 4.75. The van der Waals surface area contributed by atoms with Gasteiger partial charge in [0, 0.05) is 13.1 Å². The molecule has 0 aliphatic heterocycles. The quantitative estimate of drug-likeness (QED) is 0.393. The summed E-state index contributed by atoms with van der Waals surface area (Å²) in [7, 11) is 0. The number of alkyl carbamates (subject to hydrolysis) is 1. The van der Waals surface area contributed by atoms with Crippen molar-refractivity contribution in [1.82, 2.24) is 15.5 Å². The van der Waals surface area contributed by atoms with Gasteiger partial charge in [-0.15, -0.1) is 6.58 Å². The summed E-state index contributed by atoms with van der Waals surface area (Å²) >= 11 is 0. The Labute approximate surface area is 192 Å². The van der Waals surface area contributed by atoms with Crippen LogP contribution >= 0.6 is 0 Å². The fourth-order valence-corrected chi connectivity index (χ4v) is 3.16. The van der Waals surface area contributed by atoms with E-state index in [4.69, 9.17) is 4.74 Å². The molecule has 0 fully saturated rings. The smallest absolute Gasteiger partial charge is 0.408 e. The highest BCUT2D eigenvalue weighted by Crippen LogP contribution is 2.23. The van der Waals surface area contributed by atoms with Crippen molar-refractivity contribution in [3.8, 4) is 0 Å². The van der Waals surface area contributed by atoms with Crippen molar-refractivity contribution >= 4 is 17.9 Å². The molecular weight excluding hydrogens is 406 g/mol. The zero-order valence-electron chi connectivity index (χ0n) is 20.4. The van der Waals surface area contributed by atoms with Gasteiger partial charge in [0.2, 0.25) is 11.8 Å². The van der Waals surface area contributed by atoms with Crippen LogP contribution in [0.25, 0.3) is 0 Å². The maximum atomic E-state index is 13.3. The first-order valence-electron chi connectivity index (χ1n) is 11.2. The molecule has 1 rings (SSSR count). The Morgan fingerprint density at radius 1 is 1.16 bits per heavy atom. The third kappa shape index (κ3) is 9.12. The number of aryl methyl sites for hydroxylation is 1. The number of nitrogens with zero attached hydrogens (tertiary/aromatic N) is 1. The van der Waals surface area contributed by atoms with Gasteiger partial charge in [0.25, 0.3) is 0 Å². The lowest BCUT2D eigenvalue weighted by Gasteiger charge is -2.33. The maximum Gasteiger partial charge on any atom is 0.408 e. The lowest BCUT2D eigenvalue weighted by molar-refractivity contribution is -0.141. The third-order valence-corrected chi connectivity index (χ3v) is 4.75. The predicted octanol–water partition coefficient (Wildman–Crippen LogP) is 4.27. The van der Waals surface area contributed by atoms with Gasteiger partial charge in [-0.3, -0.25) is 9.59 Å². The van der Waals surface area contributed by atoms with Gasteiger partial charge < -0.3 is 20.3 Å². The van der Waals surface area contributed by atoms with Crippen LogP contribution in [0.2, 0.25) is 0 Å². The molecular formula is C25H39N3O4. The number of carbonyl (C=O) groups excluding carboxylic acids is 3. The summed E-state index contributed by atoms with van der Waals surface area (Å²) in [5, 5.41) is 5.53. The van der Waals surface area contributed by atoms with E-state index in [2.05, 4.69) is 24.1 Å². The van der Waals surface area contributed by atoms with Gasteiger partial charge in [-0.2, -0.15) is 0 Å². The van der Waals surface area contributed by atoms with Gasteiger partial charge in [0.05, 0.1) is 0 Å². The van der Waals surface area contributed by atoms with E-state index in [9.17, 15) is 14.4 Å². The molecule has 178 valence electrons. The number of carbonyl (C=O) groups is 3. The number of hydrogen-bond acceptors (Lipinski definition) is 4. The van der Waals surface area contributed by atoms with Gasteiger partial charge >= 0.3 is 6.09 Å². The topological polar surface area (TPSA) is 87.7 Å². The lowest BCUT2D eigenvalue weighted by atomic mass is 10.0. The van der Waals surface area contributed by atoms with Crippen molar-refractivity contribution in [1.29, 1.82) is 0 Å². The van der Waals surface area contributed by atoms with E-state index in [0.29, 0.717) is 12.1 Å². The van der Waals surface area contributed by atoms with Crippen molar-refractivity contribution in [3.63, 3.8) is 0 Å². The van der Waals surface area contributed by atoms with Crippen LogP contribution in [-0.4, -0.2) is 47.5 Å². The maximum absolute atomic E-state index is 13.3. The number of amides is 3. The summed E-state index contributed by atoms with van der Waals surface area (Å²) in [6, 6.07) is 5.79. The summed E-state index contributed by atoms with van der Waals surface area (Å²) in [6.07, 6.45) is 3.82.